The maximum absolute atomic E-state index is 5.83. The largest absolute Gasteiger partial charge is 0.475 e. The first-order valence-corrected chi connectivity index (χ1v) is 6.03. The number of aryl methyl sites for hydroxylation is 1. The molecule has 5 nitrogen and oxygen atoms in total. The second-order valence-electron chi connectivity index (χ2n) is 4.39. The van der Waals surface area contributed by atoms with Crippen molar-refractivity contribution in [3.05, 3.63) is 11.8 Å². The van der Waals surface area contributed by atoms with Crippen molar-refractivity contribution in [1.29, 1.82) is 0 Å². The monoisotopic (exact) mass is 238 g/mol. The zero-order chi connectivity index (χ0) is 12.8. The summed E-state index contributed by atoms with van der Waals surface area (Å²) in [6.45, 7) is 8.58. The zero-order valence-electron chi connectivity index (χ0n) is 11.0. The van der Waals surface area contributed by atoms with Crippen LogP contribution in [0.1, 0.15) is 32.9 Å². The molecule has 1 heterocycles. The Morgan fingerprint density at radius 3 is 2.71 bits per heavy atom. The van der Waals surface area contributed by atoms with E-state index in [9.17, 15) is 0 Å². The van der Waals surface area contributed by atoms with Crippen molar-refractivity contribution in [2.45, 2.75) is 46.3 Å². The fraction of sp³-hybridized carbons (Fsp3) is 0.667. The molecule has 0 aromatic carbocycles. The third-order valence-electron chi connectivity index (χ3n) is 2.23. The first kappa shape index (κ1) is 13.7. The SMILES string of the molecule is CCC(N)CNc1nc(C)cc(OC(C)C)n1. The van der Waals surface area contributed by atoms with Gasteiger partial charge < -0.3 is 15.8 Å². The fourth-order valence-electron chi connectivity index (χ4n) is 1.29. The van der Waals surface area contributed by atoms with E-state index in [1.807, 2.05) is 26.8 Å². The summed E-state index contributed by atoms with van der Waals surface area (Å²) in [7, 11) is 0. The van der Waals surface area contributed by atoms with Gasteiger partial charge in [-0.3, -0.25) is 0 Å². The molecule has 1 rings (SSSR count). The lowest BCUT2D eigenvalue weighted by Gasteiger charge is -2.13. The second-order valence-corrected chi connectivity index (χ2v) is 4.39. The van der Waals surface area contributed by atoms with Crippen LogP contribution >= 0.6 is 0 Å². The lowest BCUT2D eigenvalue weighted by atomic mass is 10.2. The molecule has 0 aliphatic carbocycles. The molecular formula is C12H22N4O. The average Bonchev–Trinajstić information content (AvgIpc) is 2.24. The van der Waals surface area contributed by atoms with Crippen LogP contribution in [-0.2, 0) is 0 Å². The van der Waals surface area contributed by atoms with E-state index in [0.717, 1.165) is 12.1 Å². The standard InChI is InChI=1S/C12H22N4O/c1-5-10(13)7-14-12-15-9(4)6-11(16-12)17-8(2)3/h6,8,10H,5,7,13H2,1-4H3,(H,14,15,16). The molecule has 17 heavy (non-hydrogen) atoms. The van der Waals surface area contributed by atoms with E-state index in [-0.39, 0.29) is 12.1 Å². The molecule has 0 radical (unpaired) electrons. The molecular weight excluding hydrogens is 216 g/mol. The molecule has 3 N–H and O–H groups in total. The second kappa shape index (κ2) is 6.39. The Labute approximate surface area is 103 Å². The molecule has 5 heteroatoms. The Balaban J connectivity index is 2.68. The minimum Gasteiger partial charge on any atom is -0.475 e. The molecule has 1 atom stereocenters. The first-order chi connectivity index (χ1) is 8.01. The van der Waals surface area contributed by atoms with Gasteiger partial charge in [0.15, 0.2) is 0 Å². The summed E-state index contributed by atoms with van der Waals surface area (Å²) < 4.78 is 5.55. The van der Waals surface area contributed by atoms with Gasteiger partial charge in [-0.25, -0.2) is 4.98 Å². The van der Waals surface area contributed by atoms with Gasteiger partial charge in [-0.1, -0.05) is 6.92 Å². The van der Waals surface area contributed by atoms with Crippen molar-refractivity contribution in [3.8, 4) is 5.88 Å². The fourth-order valence-corrected chi connectivity index (χ4v) is 1.29. The van der Waals surface area contributed by atoms with Gasteiger partial charge in [-0.2, -0.15) is 4.98 Å². The molecule has 1 aromatic heterocycles. The summed E-state index contributed by atoms with van der Waals surface area (Å²) in [5.74, 6) is 1.17. The molecule has 0 bridgehead atoms. The molecule has 0 fully saturated rings. The summed E-state index contributed by atoms with van der Waals surface area (Å²) in [4.78, 5) is 8.57. The number of nitrogens with one attached hydrogen (secondary N) is 1. The van der Waals surface area contributed by atoms with Crippen molar-refractivity contribution >= 4 is 5.95 Å². The predicted octanol–water partition coefficient (Wildman–Crippen LogP) is 1.72. The third-order valence-corrected chi connectivity index (χ3v) is 2.23. The van der Waals surface area contributed by atoms with E-state index in [2.05, 4.69) is 22.2 Å². The Hall–Kier alpha value is -1.36. The van der Waals surface area contributed by atoms with Crippen LogP contribution in [0.4, 0.5) is 5.95 Å². The quantitative estimate of drug-likeness (QED) is 0.789. The third kappa shape index (κ3) is 4.99. The molecule has 0 amide bonds. The smallest absolute Gasteiger partial charge is 0.226 e. The van der Waals surface area contributed by atoms with Gasteiger partial charge in [0.1, 0.15) is 0 Å². The molecule has 96 valence electrons. The van der Waals surface area contributed by atoms with Gasteiger partial charge >= 0.3 is 0 Å². The molecule has 0 saturated carbocycles. The number of hydrogen-bond acceptors (Lipinski definition) is 5. The molecule has 0 aliphatic heterocycles. The topological polar surface area (TPSA) is 73.1 Å². The average molecular weight is 238 g/mol. The summed E-state index contributed by atoms with van der Waals surface area (Å²) in [5, 5.41) is 3.12. The van der Waals surface area contributed by atoms with E-state index >= 15 is 0 Å². The number of anilines is 1. The Kier molecular flexibility index (Phi) is 5.15. The predicted molar refractivity (Wildman–Crippen MR) is 69.3 cm³/mol. The highest BCUT2D eigenvalue weighted by atomic mass is 16.5. The first-order valence-electron chi connectivity index (χ1n) is 6.03. The van der Waals surface area contributed by atoms with Crippen LogP contribution in [0.3, 0.4) is 0 Å². The summed E-state index contributed by atoms with van der Waals surface area (Å²) >= 11 is 0. The van der Waals surface area contributed by atoms with Crippen molar-refractivity contribution < 1.29 is 4.74 Å². The van der Waals surface area contributed by atoms with Crippen LogP contribution < -0.4 is 15.8 Å². The summed E-state index contributed by atoms with van der Waals surface area (Å²) in [6, 6.07) is 1.94. The lowest BCUT2D eigenvalue weighted by Crippen LogP contribution is -2.28. The van der Waals surface area contributed by atoms with Gasteiger partial charge in [0, 0.05) is 24.3 Å². The van der Waals surface area contributed by atoms with E-state index in [1.165, 1.54) is 0 Å². The number of nitrogens with zero attached hydrogens (tertiary/aromatic N) is 2. The molecule has 0 saturated heterocycles. The van der Waals surface area contributed by atoms with Crippen molar-refractivity contribution in [1.82, 2.24) is 9.97 Å². The summed E-state index contributed by atoms with van der Waals surface area (Å²) in [5.41, 5.74) is 6.71. The maximum Gasteiger partial charge on any atom is 0.226 e. The molecule has 1 unspecified atom stereocenters. The Morgan fingerprint density at radius 1 is 1.41 bits per heavy atom. The normalized spacial score (nSPS) is 12.6. The van der Waals surface area contributed by atoms with Crippen LogP contribution in [0.25, 0.3) is 0 Å². The van der Waals surface area contributed by atoms with Crippen molar-refractivity contribution in [2.75, 3.05) is 11.9 Å². The highest BCUT2D eigenvalue weighted by Gasteiger charge is 2.06. The zero-order valence-corrected chi connectivity index (χ0v) is 11.0. The number of hydrogen-bond donors (Lipinski definition) is 2. The number of aromatic nitrogens is 2. The minimum absolute atomic E-state index is 0.107. The van der Waals surface area contributed by atoms with Gasteiger partial charge in [-0.15, -0.1) is 0 Å². The molecule has 1 aromatic rings. The Morgan fingerprint density at radius 2 is 2.12 bits per heavy atom. The van der Waals surface area contributed by atoms with Gasteiger partial charge in [0.05, 0.1) is 6.10 Å². The highest BCUT2D eigenvalue weighted by Crippen LogP contribution is 2.13. The van der Waals surface area contributed by atoms with Crippen LogP contribution in [0.2, 0.25) is 0 Å². The van der Waals surface area contributed by atoms with Gasteiger partial charge in [0.25, 0.3) is 0 Å². The van der Waals surface area contributed by atoms with Crippen LogP contribution in [0.15, 0.2) is 6.07 Å². The van der Waals surface area contributed by atoms with E-state index in [1.54, 1.807) is 0 Å². The lowest BCUT2D eigenvalue weighted by molar-refractivity contribution is 0.232. The van der Waals surface area contributed by atoms with Crippen LogP contribution in [-0.4, -0.2) is 28.7 Å². The maximum atomic E-state index is 5.83. The van der Waals surface area contributed by atoms with E-state index in [0.29, 0.717) is 18.4 Å². The number of ether oxygens (including phenoxy) is 1. The van der Waals surface area contributed by atoms with Crippen molar-refractivity contribution in [2.24, 2.45) is 5.73 Å². The molecule has 0 spiro atoms. The highest BCUT2D eigenvalue weighted by molar-refractivity contribution is 5.30. The van der Waals surface area contributed by atoms with Gasteiger partial charge in [0.2, 0.25) is 11.8 Å². The van der Waals surface area contributed by atoms with E-state index in [4.69, 9.17) is 10.5 Å². The Bertz CT molecular complexity index is 354. The number of nitrogens with two attached hydrogens (primary N) is 1. The van der Waals surface area contributed by atoms with Gasteiger partial charge in [-0.05, 0) is 27.2 Å². The molecule has 0 aliphatic rings. The summed E-state index contributed by atoms with van der Waals surface area (Å²) in [6.07, 6.45) is 1.03. The number of rotatable bonds is 6. The minimum atomic E-state index is 0.107. The van der Waals surface area contributed by atoms with Crippen LogP contribution in [0.5, 0.6) is 5.88 Å². The van der Waals surface area contributed by atoms with Crippen LogP contribution in [0, 0.1) is 6.92 Å². The van der Waals surface area contributed by atoms with Crippen molar-refractivity contribution in [3.63, 3.8) is 0 Å². The van der Waals surface area contributed by atoms with E-state index < -0.39 is 0 Å².